The minimum atomic E-state index is -3.48. The molecule has 0 bridgehead atoms. The third-order valence-corrected chi connectivity index (χ3v) is 6.55. The molecule has 1 heterocycles. The van der Waals surface area contributed by atoms with Gasteiger partial charge in [-0.2, -0.15) is 0 Å². The van der Waals surface area contributed by atoms with Crippen LogP contribution in [0.3, 0.4) is 0 Å². The van der Waals surface area contributed by atoms with Crippen LogP contribution < -0.4 is 0 Å². The van der Waals surface area contributed by atoms with Crippen molar-refractivity contribution < 1.29 is 17.9 Å². The molecule has 0 amide bonds. The van der Waals surface area contributed by atoms with E-state index in [-0.39, 0.29) is 10.5 Å². The normalized spacial score (nSPS) is 20.5. The van der Waals surface area contributed by atoms with Crippen LogP contribution in [-0.4, -0.2) is 38.4 Å². The Hall–Kier alpha value is -1.07. The van der Waals surface area contributed by atoms with Crippen LogP contribution in [0.2, 0.25) is 0 Å². The molecule has 18 heavy (non-hydrogen) atoms. The SMILES string of the molecule is COCCSC1C(=C=O)c2ccccc2S1(=O)=O. The van der Waals surface area contributed by atoms with Crippen molar-refractivity contribution in [1.29, 1.82) is 0 Å². The second-order valence-electron chi connectivity index (χ2n) is 3.75. The molecule has 4 nitrogen and oxygen atoms in total. The zero-order valence-electron chi connectivity index (χ0n) is 9.75. The minimum Gasteiger partial charge on any atom is -0.384 e. The smallest absolute Gasteiger partial charge is 0.196 e. The van der Waals surface area contributed by atoms with E-state index in [0.29, 0.717) is 17.9 Å². The second-order valence-corrected chi connectivity index (χ2v) is 7.27. The van der Waals surface area contributed by atoms with Crippen LogP contribution in [0.1, 0.15) is 5.56 Å². The Morgan fingerprint density at radius 3 is 2.78 bits per heavy atom. The highest BCUT2D eigenvalue weighted by atomic mass is 32.3. The molecule has 0 aromatic heterocycles. The summed E-state index contributed by atoms with van der Waals surface area (Å²) in [6.45, 7) is 0.444. The Morgan fingerprint density at radius 2 is 2.11 bits per heavy atom. The Kier molecular flexibility index (Phi) is 3.92. The zero-order valence-corrected chi connectivity index (χ0v) is 11.4. The molecule has 0 N–H and O–H groups in total. The van der Waals surface area contributed by atoms with Crippen molar-refractivity contribution in [3.05, 3.63) is 29.8 Å². The van der Waals surface area contributed by atoms with E-state index in [2.05, 4.69) is 0 Å². The van der Waals surface area contributed by atoms with E-state index in [4.69, 9.17) is 4.74 Å². The summed E-state index contributed by atoms with van der Waals surface area (Å²) in [5.41, 5.74) is 0.689. The molecule has 1 aromatic rings. The van der Waals surface area contributed by atoms with E-state index in [1.165, 1.54) is 17.8 Å². The number of carbonyl (C=O) groups excluding carboxylic acids is 1. The fourth-order valence-electron chi connectivity index (χ4n) is 1.85. The lowest BCUT2D eigenvalue weighted by atomic mass is 10.1. The van der Waals surface area contributed by atoms with Crippen LogP contribution in [0.15, 0.2) is 29.2 Å². The van der Waals surface area contributed by atoms with E-state index >= 15 is 0 Å². The first-order valence-electron chi connectivity index (χ1n) is 5.31. The molecule has 96 valence electrons. The molecule has 2 rings (SSSR count). The van der Waals surface area contributed by atoms with Crippen LogP contribution in [-0.2, 0) is 19.4 Å². The molecule has 0 spiro atoms. The van der Waals surface area contributed by atoms with Gasteiger partial charge in [-0.1, -0.05) is 18.2 Å². The summed E-state index contributed by atoms with van der Waals surface area (Å²) in [5.74, 6) is 2.29. The highest BCUT2D eigenvalue weighted by Gasteiger charge is 2.42. The first-order valence-corrected chi connectivity index (χ1v) is 7.91. The lowest BCUT2D eigenvalue weighted by molar-refractivity contribution is 0.218. The van der Waals surface area contributed by atoms with Gasteiger partial charge in [0.25, 0.3) is 0 Å². The Balaban J connectivity index is 2.42. The van der Waals surface area contributed by atoms with Gasteiger partial charge in [0.2, 0.25) is 0 Å². The van der Waals surface area contributed by atoms with Crippen LogP contribution >= 0.6 is 11.8 Å². The number of hydrogen-bond donors (Lipinski definition) is 0. The summed E-state index contributed by atoms with van der Waals surface area (Å²) < 4.78 is 28.6. The van der Waals surface area contributed by atoms with Gasteiger partial charge in [0, 0.05) is 18.4 Å². The molecular weight excluding hydrogens is 272 g/mol. The number of thioether (sulfide) groups is 1. The molecule has 0 saturated carbocycles. The maximum Gasteiger partial charge on any atom is 0.196 e. The number of ether oxygens (including phenoxy) is 1. The van der Waals surface area contributed by atoms with Crippen molar-refractivity contribution in [2.75, 3.05) is 19.5 Å². The highest BCUT2D eigenvalue weighted by Crippen LogP contribution is 2.43. The monoisotopic (exact) mass is 284 g/mol. The molecule has 0 fully saturated rings. The Bertz CT molecular complexity index is 600. The van der Waals surface area contributed by atoms with Crippen molar-refractivity contribution in [3.63, 3.8) is 0 Å². The van der Waals surface area contributed by atoms with Crippen LogP contribution in [0, 0.1) is 0 Å². The molecule has 6 heteroatoms. The number of methoxy groups -OCH3 is 1. The van der Waals surface area contributed by atoms with Crippen LogP contribution in [0.25, 0.3) is 5.57 Å². The second kappa shape index (κ2) is 5.28. The van der Waals surface area contributed by atoms with Crippen molar-refractivity contribution in [1.82, 2.24) is 0 Å². The van der Waals surface area contributed by atoms with Crippen molar-refractivity contribution in [2.45, 2.75) is 9.48 Å². The maximum atomic E-state index is 12.3. The molecular formula is C12H12O4S2. The standard InChI is InChI=1S/C12H12O4S2/c1-16-6-7-17-12-10(8-13)9-4-2-3-5-11(9)18(12,14)15/h2-5,12H,6-7H2,1H3. The average molecular weight is 284 g/mol. The summed E-state index contributed by atoms with van der Waals surface area (Å²) in [7, 11) is -1.93. The molecule has 1 aromatic carbocycles. The molecule has 1 unspecified atom stereocenters. The average Bonchev–Trinajstić information content (AvgIpc) is 2.59. The topological polar surface area (TPSA) is 60.4 Å². The molecule has 1 aliphatic heterocycles. The number of sulfone groups is 1. The van der Waals surface area contributed by atoms with Gasteiger partial charge in [0.05, 0.1) is 17.1 Å². The fourth-order valence-corrected chi connectivity index (χ4v) is 5.45. The molecule has 1 atom stereocenters. The molecule has 0 aliphatic carbocycles. The van der Waals surface area contributed by atoms with Gasteiger partial charge in [-0.25, -0.2) is 13.2 Å². The highest BCUT2D eigenvalue weighted by molar-refractivity contribution is 8.14. The predicted molar refractivity (Wildman–Crippen MR) is 70.9 cm³/mol. The minimum absolute atomic E-state index is 0.215. The largest absolute Gasteiger partial charge is 0.384 e. The Morgan fingerprint density at radius 1 is 1.39 bits per heavy atom. The van der Waals surface area contributed by atoms with Gasteiger partial charge in [0.15, 0.2) is 9.84 Å². The summed E-state index contributed by atoms with van der Waals surface area (Å²) in [4.78, 5) is 11.3. The lowest BCUT2D eigenvalue weighted by Crippen LogP contribution is -2.14. The first kappa shape index (κ1) is 13.4. The van der Waals surface area contributed by atoms with E-state index in [0.717, 1.165) is 0 Å². The zero-order chi connectivity index (χ0) is 13.2. The number of benzene rings is 1. The quantitative estimate of drug-likeness (QED) is 0.618. The molecule has 0 saturated heterocycles. The maximum absolute atomic E-state index is 12.3. The summed E-state index contributed by atoms with van der Waals surface area (Å²) in [6, 6.07) is 6.54. The lowest BCUT2D eigenvalue weighted by Gasteiger charge is -2.08. The first-order chi connectivity index (χ1) is 8.62. The third-order valence-electron chi connectivity index (χ3n) is 2.67. The van der Waals surface area contributed by atoms with Gasteiger partial charge in [0.1, 0.15) is 10.5 Å². The predicted octanol–water partition coefficient (Wildman–Crippen LogP) is 1.39. The summed E-state index contributed by atoms with van der Waals surface area (Å²) in [6.07, 6.45) is 0. The molecule has 0 radical (unpaired) electrons. The third kappa shape index (κ3) is 2.12. The van der Waals surface area contributed by atoms with Crippen LogP contribution in [0.5, 0.6) is 0 Å². The van der Waals surface area contributed by atoms with Crippen molar-refractivity contribution in [3.8, 4) is 0 Å². The van der Waals surface area contributed by atoms with Crippen molar-refractivity contribution in [2.24, 2.45) is 0 Å². The van der Waals surface area contributed by atoms with Gasteiger partial charge in [-0.3, -0.25) is 0 Å². The number of fused-ring (bicyclic) bond motifs is 1. The van der Waals surface area contributed by atoms with Gasteiger partial charge >= 0.3 is 0 Å². The van der Waals surface area contributed by atoms with E-state index in [1.54, 1.807) is 31.3 Å². The van der Waals surface area contributed by atoms with E-state index in [1.807, 2.05) is 0 Å². The summed E-state index contributed by atoms with van der Waals surface area (Å²) >= 11 is 1.19. The van der Waals surface area contributed by atoms with E-state index in [9.17, 15) is 13.2 Å². The molecule has 1 aliphatic rings. The van der Waals surface area contributed by atoms with Crippen molar-refractivity contribution >= 4 is 33.1 Å². The fraction of sp³-hybridized carbons (Fsp3) is 0.333. The summed E-state index contributed by atoms with van der Waals surface area (Å²) in [5, 5.41) is 0. The number of rotatable bonds is 4. The van der Waals surface area contributed by atoms with Crippen LogP contribution in [0.4, 0.5) is 0 Å². The Labute approximate surface area is 110 Å². The number of hydrogen-bond acceptors (Lipinski definition) is 5. The van der Waals surface area contributed by atoms with E-state index < -0.39 is 14.4 Å². The van der Waals surface area contributed by atoms with Gasteiger partial charge < -0.3 is 4.74 Å². The van der Waals surface area contributed by atoms with Gasteiger partial charge in [-0.05, 0) is 6.07 Å². The van der Waals surface area contributed by atoms with Gasteiger partial charge in [-0.15, -0.1) is 11.8 Å².